The normalized spacial score (nSPS) is 25.6. The van der Waals surface area contributed by atoms with E-state index in [4.69, 9.17) is 9.47 Å². The molecule has 0 aromatic heterocycles. The van der Waals surface area contributed by atoms with Crippen LogP contribution in [0.15, 0.2) is 30.9 Å². The molecule has 0 saturated carbocycles. The SMILES string of the molecule is C=CCc1cc(C)ccc1OCC[NH+]1C[C@@H](C)O[C@@H](C)C1. The lowest BCUT2D eigenvalue weighted by Gasteiger charge is -2.32. The summed E-state index contributed by atoms with van der Waals surface area (Å²) in [4.78, 5) is 1.57. The average Bonchev–Trinajstić information content (AvgIpc) is 2.40. The van der Waals surface area contributed by atoms with Crippen molar-refractivity contribution in [3.63, 3.8) is 0 Å². The first-order valence-electron chi connectivity index (χ1n) is 7.90. The summed E-state index contributed by atoms with van der Waals surface area (Å²) in [6.45, 7) is 14.2. The molecule has 1 N–H and O–H groups in total. The minimum absolute atomic E-state index is 0.347. The van der Waals surface area contributed by atoms with Crippen LogP contribution in [-0.2, 0) is 11.2 Å². The van der Waals surface area contributed by atoms with Crippen molar-refractivity contribution in [1.29, 1.82) is 0 Å². The fraction of sp³-hybridized carbons (Fsp3) is 0.556. The molecule has 1 aliphatic heterocycles. The fourth-order valence-corrected chi connectivity index (χ4v) is 3.06. The van der Waals surface area contributed by atoms with Gasteiger partial charge in [-0.25, -0.2) is 0 Å². The Morgan fingerprint density at radius 3 is 2.71 bits per heavy atom. The second kappa shape index (κ2) is 7.62. The number of ether oxygens (including phenoxy) is 2. The minimum Gasteiger partial charge on any atom is -0.487 e. The molecule has 1 aromatic carbocycles. The Labute approximate surface area is 128 Å². The molecule has 0 bridgehead atoms. The van der Waals surface area contributed by atoms with Crippen molar-refractivity contribution in [3.05, 3.63) is 42.0 Å². The lowest BCUT2D eigenvalue weighted by molar-refractivity contribution is -0.915. The van der Waals surface area contributed by atoms with Crippen molar-refractivity contribution < 1.29 is 14.4 Å². The maximum absolute atomic E-state index is 6.01. The average molecular weight is 290 g/mol. The number of morpholine rings is 1. The molecular weight excluding hydrogens is 262 g/mol. The highest BCUT2D eigenvalue weighted by atomic mass is 16.5. The van der Waals surface area contributed by atoms with Crippen LogP contribution in [0.1, 0.15) is 25.0 Å². The predicted molar refractivity (Wildman–Crippen MR) is 86.1 cm³/mol. The number of rotatable bonds is 6. The summed E-state index contributed by atoms with van der Waals surface area (Å²) < 4.78 is 11.8. The van der Waals surface area contributed by atoms with Crippen LogP contribution in [0.2, 0.25) is 0 Å². The Morgan fingerprint density at radius 2 is 2.05 bits per heavy atom. The maximum Gasteiger partial charge on any atom is 0.137 e. The van der Waals surface area contributed by atoms with E-state index in [1.807, 2.05) is 6.08 Å². The summed E-state index contributed by atoms with van der Waals surface area (Å²) in [5, 5.41) is 0. The summed E-state index contributed by atoms with van der Waals surface area (Å²) in [7, 11) is 0. The number of hydrogen-bond acceptors (Lipinski definition) is 2. The zero-order chi connectivity index (χ0) is 15.2. The van der Waals surface area contributed by atoms with Crippen LogP contribution in [0.3, 0.4) is 0 Å². The van der Waals surface area contributed by atoms with Crippen LogP contribution >= 0.6 is 0 Å². The van der Waals surface area contributed by atoms with Crippen LogP contribution in [0.5, 0.6) is 5.75 Å². The summed E-state index contributed by atoms with van der Waals surface area (Å²) in [6.07, 6.45) is 3.48. The van der Waals surface area contributed by atoms with E-state index in [2.05, 4.69) is 45.5 Å². The van der Waals surface area contributed by atoms with Gasteiger partial charge in [0.2, 0.25) is 0 Å². The number of aryl methyl sites for hydroxylation is 1. The molecule has 1 unspecified atom stereocenters. The zero-order valence-corrected chi connectivity index (χ0v) is 13.5. The number of hydrogen-bond donors (Lipinski definition) is 1. The van der Waals surface area contributed by atoms with Crippen LogP contribution in [0.4, 0.5) is 0 Å². The first-order valence-corrected chi connectivity index (χ1v) is 7.90. The van der Waals surface area contributed by atoms with Crippen LogP contribution in [0, 0.1) is 6.92 Å². The quantitative estimate of drug-likeness (QED) is 0.807. The Balaban J connectivity index is 1.87. The predicted octanol–water partition coefficient (Wildman–Crippen LogP) is 1.79. The third kappa shape index (κ3) is 4.87. The van der Waals surface area contributed by atoms with Gasteiger partial charge in [0, 0.05) is 0 Å². The Bertz CT molecular complexity index is 462. The van der Waals surface area contributed by atoms with E-state index >= 15 is 0 Å². The third-order valence-corrected chi connectivity index (χ3v) is 3.91. The molecule has 0 aliphatic carbocycles. The highest BCUT2D eigenvalue weighted by Gasteiger charge is 2.25. The molecule has 1 saturated heterocycles. The molecule has 3 atom stereocenters. The first-order chi connectivity index (χ1) is 10.1. The summed E-state index contributed by atoms with van der Waals surface area (Å²) in [5.41, 5.74) is 2.49. The van der Waals surface area contributed by atoms with Gasteiger partial charge < -0.3 is 14.4 Å². The maximum atomic E-state index is 6.01. The molecule has 1 heterocycles. The van der Waals surface area contributed by atoms with Crippen LogP contribution in [-0.4, -0.2) is 38.4 Å². The highest BCUT2D eigenvalue weighted by molar-refractivity contribution is 5.38. The molecule has 0 amide bonds. The second-order valence-electron chi connectivity index (χ2n) is 6.12. The van der Waals surface area contributed by atoms with E-state index in [9.17, 15) is 0 Å². The molecule has 21 heavy (non-hydrogen) atoms. The standard InChI is InChI=1S/C18H27NO2/c1-5-6-17-11-14(2)7-8-18(17)20-10-9-19-12-15(3)21-16(4)13-19/h5,7-8,11,15-16H,1,6,9-10,12-13H2,2-4H3/p+1/t15-,16+. The Hall–Kier alpha value is -1.32. The molecule has 1 aromatic rings. The molecule has 3 nitrogen and oxygen atoms in total. The monoisotopic (exact) mass is 290 g/mol. The van der Waals surface area contributed by atoms with E-state index in [0.29, 0.717) is 12.2 Å². The number of allylic oxidation sites excluding steroid dienone is 1. The van der Waals surface area contributed by atoms with Gasteiger partial charge in [0.1, 0.15) is 44.2 Å². The molecule has 116 valence electrons. The van der Waals surface area contributed by atoms with E-state index in [-0.39, 0.29) is 0 Å². The third-order valence-electron chi connectivity index (χ3n) is 3.91. The first kappa shape index (κ1) is 16.1. The van der Waals surface area contributed by atoms with Gasteiger partial charge in [0.05, 0.1) is 0 Å². The van der Waals surface area contributed by atoms with Crippen molar-refractivity contribution in [1.82, 2.24) is 0 Å². The van der Waals surface area contributed by atoms with Gasteiger partial charge >= 0.3 is 0 Å². The molecular formula is C18H28NO2+. The lowest BCUT2D eigenvalue weighted by Crippen LogP contribution is -3.16. The molecule has 0 spiro atoms. The fourth-order valence-electron chi connectivity index (χ4n) is 3.06. The largest absolute Gasteiger partial charge is 0.487 e. The van der Waals surface area contributed by atoms with E-state index in [0.717, 1.165) is 38.4 Å². The molecule has 0 radical (unpaired) electrons. The summed E-state index contributed by atoms with van der Waals surface area (Å²) in [6, 6.07) is 6.37. The van der Waals surface area contributed by atoms with Crippen molar-refractivity contribution in [2.24, 2.45) is 0 Å². The Kier molecular flexibility index (Phi) is 5.83. The van der Waals surface area contributed by atoms with Gasteiger partial charge in [0.25, 0.3) is 0 Å². The highest BCUT2D eigenvalue weighted by Crippen LogP contribution is 2.20. The summed E-state index contributed by atoms with van der Waals surface area (Å²) in [5.74, 6) is 0.995. The van der Waals surface area contributed by atoms with Crippen LogP contribution in [0.25, 0.3) is 0 Å². The van der Waals surface area contributed by atoms with Crippen LogP contribution < -0.4 is 9.64 Å². The Morgan fingerprint density at radius 1 is 1.33 bits per heavy atom. The molecule has 2 rings (SSSR count). The molecule has 1 fully saturated rings. The van der Waals surface area contributed by atoms with Crippen molar-refractivity contribution in [2.45, 2.75) is 39.4 Å². The van der Waals surface area contributed by atoms with Gasteiger partial charge in [-0.05, 0) is 38.8 Å². The topological polar surface area (TPSA) is 22.9 Å². The number of quaternary nitrogens is 1. The van der Waals surface area contributed by atoms with Gasteiger partial charge in [0.15, 0.2) is 0 Å². The smallest absolute Gasteiger partial charge is 0.137 e. The lowest BCUT2D eigenvalue weighted by atomic mass is 10.1. The molecule has 1 aliphatic rings. The number of nitrogens with one attached hydrogen (secondary N) is 1. The van der Waals surface area contributed by atoms with Crippen molar-refractivity contribution >= 4 is 0 Å². The van der Waals surface area contributed by atoms with E-state index in [1.165, 1.54) is 11.1 Å². The van der Waals surface area contributed by atoms with Gasteiger partial charge in [-0.1, -0.05) is 23.8 Å². The van der Waals surface area contributed by atoms with Crippen molar-refractivity contribution in [3.8, 4) is 5.75 Å². The van der Waals surface area contributed by atoms with E-state index < -0.39 is 0 Å². The van der Waals surface area contributed by atoms with Crippen molar-refractivity contribution in [2.75, 3.05) is 26.2 Å². The van der Waals surface area contributed by atoms with Gasteiger partial charge in [-0.3, -0.25) is 0 Å². The second-order valence-corrected chi connectivity index (χ2v) is 6.12. The minimum atomic E-state index is 0.347. The zero-order valence-electron chi connectivity index (χ0n) is 13.5. The molecule has 3 heteroatoms. The van der Waals surface area contributed by atoms with Gasteiger partial charge in [-0.15, -0.1) is 6.58 Å². The summed E-state index contributed by atoms with van der Waals surface area (Å²) >= 11 is 0. The van der Waals surface area contributed by atoms with E-state index in [1.54, 1.807) is 4.90 Å². The van der Waals surface area contributed by atoms with Gasteiger partial charge in [-0.2, -0.15) is 0 Å². The number of benzene rings is 1.